The van der Waals surface area contributed by atoms with E-state index in [1.165, 1.54) is 46.2 Å². The number of hydrogen-bond acceptors (Lipinski definition) is 10. The van der Waals surface area contributed by atoms with Crippen LogP contribution in [0.3, 0.4) is 0 Å². The lowest BCUT2D eigenvalue weighted by Crippen LogP contribution is -2.16. The largest absolute Gasteiger partial charge is 0.325 e. The predicted molar refractivity (Wildman–Crippen MR) is 119 cm³/mol. The molecule has 0 saturated carbocycles. The highest BCUT2D eigenvalue weighted by Gasteiger charge is 2.11. The molecule has 2 amide bonds. The van der Waals surface area contributed by atoms with E-state index in [0.29, 0.717) is 11.4 Å². The number of benzene rings is 1. The molecule has 12 heteroatoms. The number of hydrogen-bond donors (Lipinski definition) is 2. The summed E-state index contributed by atoms with van der Waals surface area (Å²) in [6, 6.07) is 5.42. The van der Waals surface area contributed by atoms with Gasteiger partial charge in [0.25, 0.3) is 0 Å². The third-order valence-electron chi connectivity index (χ3n) is 3.46. The van der Waals surface area contributed by atoms with Crippen molar-refractivity contribution in [2.75, 3.05) is 22.1 Å². The Bertz CT molecular complexity index is 1020. The van der Waals surface area contributed by atoms with Crippen LogP contribution in [0.25, 0.3) is 0 Å². The monoisotopic (exact) mass is 466 g/mol. The third-order valence-corrected chi connectivity index (χ3v) is 7.41. The van der Waals surface area contributed by atoms with E-state index in [9.17, 15) is 9.59 Å². The topological polar surface area (TPSA) is 110 Å². The van der Waals surface area contributed by atoms with E-state index in [0.717, 1.165) is 24.3 Å². The number of thioether (sulfide) groups is 2. The lowest BCUT2D eigenvalue weighted by molar-refractivity contribution is -0.114. The van der Waals surface area contributed by atoms with Crippen molar-refractivity contribution in [3.8, 4) is 0 Å². The number of anilines is 2. The van der Waals surface area contributed by atoms with Crippen LogP contribution in [0.4, 0.5) is 11.4 Å². The number of nitrogens with zero attached hydrogens (tertiary/aromatic N) is 4. The van der Waals surface area contributed by atoms with Gasteiger partial charge in [0, 0.05) is 11.4 Å². The van der Waals surface area contributed by atoms with Crippen molar-refractivity contribution in [2.45, 2.75) is 29.5 Å². The maximum absolute atomic E-state index is 12.3. The fourth-order valence-electron chi connectivity index (χ4n) is 2.15. The average molecular weight is 467 g/mol. The summed E-state index contributed by atoms with van der Waals surface area (Å²) >= 11 is 5.60. The smallest absolute Gasteiger partial charge is 0.234 e. The van der Waals surface area contributed by atoms with Crippen LogP contribution in [0, 0.1) is 20.8 Å². The van der Waals surface area contributed by atoms with Gasteiger partial charge in [-0.3, -0.25) is 9.59 Å². The van der Waals surface area contributed by atoms with Crippen LogP contribution < -0.4 is 10.6 Å². The average Bonchev–Trinajstić information content (AvgIpc) is 3.29. The number of amides is 2. The summed E-state index contributed by atoms with van der Waals surface area (Å²) in [5, 5.41) is 23.3. The van der Waals surface area contributed by atoms with E-state index in [1.807, 2.05) is 26.8 Å². The summed E-state index contributed by atoms with van der Waals surface area (Å²) < 4.78 is 1.52. The summed E-state index contributed by atoms with van der Waals surface area (Å²) in [6.07, 6.45) is 0. The van der Waals surface area contributed by atoms with Crippen LogP contribution in [0.5, 0.6) is 0 Å². The van der Waals surface area contributed by atoms with Crippen molar-refractivity contribution in [3.63, 3.8) is 0 Å². The number of rotatable bonds is 8. The molecular weight excluding hydrogens is 448 g/mol. The molecule has 2 heterocycles. The van der Waals surface area contributed by atoms with Crippen LogP contribution in [-0.4, -0.2) is 43.7 Å². The van der Waals surface area contributed by atoms with Gasteiger partial charge in [-0.2, -0.15) is 0 Å². The van der Waals surface area contributed by atoms with Gasteiger partial charge in [0.15, 0.2) is 8.68 Å². The Labute approximate surface area is 184 Å². The molecule has 0 aliphatic rings. The molecule has 0 bridgehead atoms. The Morgan fingerprint density at radius 3 is 1.93 bits per heavy atom. The minimum atomic E-state index is -0.147. The van der Waals surface area contributed by atoms with E-state index in [4.69, 9.17) is 0 Å². The highest BCUT2D eigenvalue weighted by atomic mass is 32.2. The number of nitrogens with one attached hydrogen (secondary N) is 2. The van der Waals surface area contributed by atoms with Gasteiger partial charge in [-0.15, -0.1) is 20.4 Å². The normalized spacial score (nSPS) is 10.7. The van der Waals surface area contributed by atoms with Crippen molar-refractivity contribution in [2.24, 2.45) is 0 Å². The van der Waals surface area contributed by atoms with Gasteiger partial charge in [0.2, 0.25) is 11.8 Å². The lowest BCUT2D eigenvalue weighted by atomic mass is 10.2. The van der Waals surface area contributed by atoms with Crippen LogP contribution in [-0.2, 0) is 9.59 Å². The van der Waals surface area contributed by atoms with Gasteiger partial charge in [0.1, 0.15) is 10.0 Å². The SMILES string of the molecule is Cc1nnc(SCC(=O)Nc2ccc(C)c(NC(=O)CSc3nnc(C)s3)c2)s1. The number of carbonyl (C=O) groups excluding carboxylic acids is 2. The Morgan fingerprint density at radius 1 is 0.862 bits per heavy atom. The maximum Gasteiger partial charge on any atom is 0.234 e. The van der Waals surface area contributed by atoms with Gasteiger partial charge in [0.05, 0.1) is 11.5 Å². The Hall–Kier alpha value is -2.02. The van der Waals surface area contributed by atoms with E-state index in [2.05, 4.69) is 31.0 Å². The molecule has 0 unspecified atom stereocenters. The zero-order valence-electron chi connectivity index (χ0n) is 15.9. The molecule has 29 heavy (non-hydrogen) atoms. The summed E-state index contributed by atoms with van der Waals surface area (Å²) in [7, 11) is 0. The Morgan fingerprint density at radius 2 is 1.41 bits per heavy atom. The maximum atomic E-state index is 12.3. The van der Waals surface area contributed by atoms with Crippen LogP contribution >= 0.6 is 46.2 Å². The standard InChI is InChI=1S/C17H18N6O2S4/c1-9-4-5-12(18-14(24)7-26-16-22-20-10(2)28-16)6-13(9)19-15(25)8-27-17-23-21-11(3)29-17/h4-6H,7-8H2,1-3H3,(H,18,24)(H,19,25). The van der Waals surface area contributed by atoms with Crippen molar-refractivity contribution in [1.29, 1.82) is 0 Å². The predicted octanol–water partition coefficient (Wildman–Crippen LogP) is 3.78. The molecule has 0 saturated heterocycles. The molecule has 0 aliphatic carbocycles. The first-order valence-corrected chi connectivity index (χ1v) is 12.1. The molecular formula is C17H18N6O2S4. The Balaban J connectivity index is 1.52. The molecule has 1 aromatic carbocycles. The molecule has 8 nitrogen and oxygen atoms in total. The van der Waals surface area contributed by atoms with Crippen LogP contribution in [0.15, 0.2) is 26.9 Å². The highest BCUT2D eigenvalue weighted by molar-refractivity contribution is 8.01. The second kappa shape index (κ2) is 10.1. The lowest BCUT2D eigenvalue weighted by Gasteiger charge is -2.11. The molecule has 0 spiro atoms. The highest BCUT2D eigenvalue weighted by Crippen LogP contribution is 2.25. The molecule has 0 radical (unpaired) electrons. The molecule has 0 aliphatic heterocycles. The van der Waals surface area contributed by atoms with Crippen LogP contribution in [0.2, 0.25) is 0 Å². The van der Waals surface area contributed by atoms with Gasteiger partial charge in [-0.25, -0.2) is 0 Å². The van der Waals surface area contributed by atoms with Gasteiger partial charge >= 0.3 is 0 Å². The summed E-state index contributed by atoms with van der Waals surface area (Å²) in [5.41, 5.74) is 2.19. The first-order chi connectivity index (χ1) is 13.9. The Kier molecular flexibility index (Phi) is 7.58. The molecule has 0 fully saturated rings. The fourth-order valence-corrected chi connectivity index (χ4v) is 5.38. The van der Waals surface area contributed by atoms with Crippen molar-refractivity contribution < 1.29 is 9.59 Å². The fraction of sp³-hybridized carbons (Fsp3) is 0.294. The van der Waals surface area contributed by atoms with Crippen molar-refractivity contribution in [3.05, 3.63) is 33.8 Å². The van der Waals surface area contributed by atoms with Crippen molar-refractivity contribution in [1.82, 2.24) is 20.4 Å². The van der Waals surface area contributed by atoms with Crippen molar-refractivity contribution >= 4 is 69.4 Å². The van der Waals surface area contributed by atoms with Gasteiger partial charge < -0.3 is 10.6 Å². The zero-order valence-corrected chi connectivity index (χ0v) is 19.2. The molecule has 3 aromatic rings. The van der Waals surface area contributed by atoms with Gasteiger partial charge in [-0.1, -0.05) is 52.3 Å². The number of carbonyl (C=O) groups is 2. The molecule has 3 rings (SSSR count). The first kappa shape index (κ1) is 21.7. The minimum absolute atomic E-state index is 0.142. The van der Waals surface area contributed by atoms with Crippen LogP contribution in [0.1, 0.15) is 15.6 Å². The number of aryl methyl sites for hydroxylation is 3. The number of aromatic nitrogens is 4. The third kappa shape index (κ3) is 6.77. The molecule has 152 valence electrons. The van der Waals surface area contributed by atoms with E-state index >= 15 is 0 Å². The van der Waals surface area contributed by atoms with E-state index < -0.39 is 0 Å². The molecule has 2 aromatic heterocycles. The second-order valence-electron chi connectivity index (χ2n) is 5.88. The summed E-state index contributed by atoms with van der Waals surface area (Å²) in [5.74, 6) is 0.188. The first-order valence-electron chi connectivity index (χ1n) is 8.45. The summed E-state index contributed by atoms with van der Waals surface area (Å²) in [6.45, 7) is 5.64. The quantitative estimate of drug-likeness (QED) is 0.483. The van der Waals surface area contributed by atoms with E-state index in [1.54, 1.807) is 12.1 Å². The van der Waals surface area contributed by atoms with Gasteiger partial charge in [-0.05, 0) is 38.5 Å². The second-order valence-corrected chi connectivity index (χ2v) is 10.7. The minimum Gasteiger partial charge on any atom is -0.325 e. The molecule has 0 atom stereocenters. The molecule has 2 N–H and O–H groups in total. The zero-order chi connectivity index (χ0) is 20.8. The summed E-state index contributed by atoms with van der Waals surface area (Å²) in [4.78, 5) is 24.5. The van der Waals surface area contributed by atoms with E-state index in [-0.39, 0.29) is 23.3 Å².